The maximum Gasteiger partial charge on any atom is 0.218 e. The number of nitrogens with zero attached hydrogens (tertiary/aromatic N) is 2. The van der Waals surface area contributed by atoms with Gasteiger partial charge in [0.15, 0.2) is 5.96 Å². The monoisotopic (exact) mass is 394 g/mol. The van der Waals surface area contributed by atoms with Crippen LogP contribution in [0.2, 0.25) is 0 Å². The fourth-order valence-corrected chi connectivity index (χ4v) is 1.38. The average molecular weight is 394 g/mol. The number of aliphatic imine (C=N–C) groups is 1. The van der Waals surface area contributed by atoms with E-state index in [2.05, 4.69) is 22.2 Å². The highest BCUT2D eigenvalue weighted by molar-refractivity contribution is 14.0. The molecule has 0 fully saturated rings. The molecule has 0 aliphatic heterocycles. The van der Waals surface area contributed by atoms with Gasteiger partial charge in [-0.3, -0.25) is 0 Å². The topological polar surface area (TPSA) is 81.8 Å². The molecule has 114 valence electrons. The third-order valence-electron chi connectivity index (χ3n) is 2.35. The number of hydrogen-bond acceptors (Lipinski definition) is 4. The summed E-state index contributed by atoms with van der Waals surface area (Å²) in [5.74, 6) is 1.01. The first kappa shape index (κ1) is 18.9. The van der Waals surface area contributed by atoms with E-state index in [1.54, 1.807) is 13.3 Å². The molecule has 0 saturated heterocycles. The van der Waals surface area contributed by atoms with E-state index in [0.29, 0.717) is 31.6 Å². The first-order chi connectivity index (χ1) is 9.27. The molecule has 0 bridgehead atoms. The lowest BCUT2D eigenvalue weighted by atomic mass is 10.3. The minimum Gasteiger partial charge on any atom is -0.475 e. The van der Waals surface area contributed by atoms with E-state index in [4.69, 9.17) is 15.2 Å². The third kappa shape index (κ3) is 7.49. The number of methoxy groups -OCH3 is 1. The van der Waals surface area contributed by atoms with Crippen LogP contribution >= 0.6 is 24.0 Å². The summed E-state index contributed by atoms with van der Waals surface area (Å²) in [4.78, 5) is 8.44. The van der Waals surface area contributed by atoms with Crippen molar-refractivity contribution >= 4 is 29.9 Å². The summed E-state index contributed by atoms with van der Waals surface area (Å²) in [5.41, 5.74) is 6.64. The minimum atomic E-state index is 0. The Morgan fingerprint density at radius 1 is 1.45 bits per heavy atom. The number of rotatable bonds is 8. The molecule has 3 N–H and O–H groups in total. The van der Waals surface area contributed by atoms with Gasteiger partial charge in [0.1, 0.15) is 6.61 Å². The number of hydrogen-bond donors (Lipinski definition) is 2. The number of nitrogens with two attached hydrogens (primary N) is 1. The molecule has 20 heavy (non-hydrogen) atoms. The van der Waals surface area contributed by atoms with E-state index in [1.165, 1.54) is 0 Å². The zero-order valence-electron chi connectivity index (χ0n) is 12.0. The normalized spacial score (nSPS) is 10.8. The molecule has 0 aliphatic carbocycles. The van der Waals surface area contributed by atoms with E-state index >= 15 is 0 Å². The number of halogens is 1. The standard InChI is InChI=1S/C13H22N4O2.HI/c1-3-6-16-13(14)17-10-11-5-4-7-15-12(11)19-9-8-18-2;/h4-5,7H,3,6,8-10H2,1-2H3,(H3,14,16,17);1H. The Hall–Kier alpha value is -1.09. The summed E-state index contributed by atoms with van der Waals surface area (Å²) in [6.07, 6.45) is 2.70. The van der Waals surface area contributed by atoms with Crippen LogP contribution in [0.3, 0.4) is 0 Å². The third-order valence-corrected chi connectivity index (χ3v) is 2.35. The summed E-state index contributed by atoms with van der Waals surface area (Å²) >= 11 is 0. The van der Waals surface area contributed by atoms with Gasteiger partial charge in [0.05, 0.1) is 13.2 Å². The zero-order valence-corrected chi connectivity index (χ0v) is 14.3. The largest absolute Gasteiger partial charge is 0.475 e. The Morgan fingerprint density at radius 3 is 2.95 bits per heavy atom. The van der Waals surface area contributed by atoms with Crippen molar-refractivity contribution in [3.05, 3.63) is 23.9 Å². The molecular weight excluding hydrogens is 371 g/mol. The molecule has 1 heterocycles. The van der Waals surface area contributed by atoms with Crippen molar-refractivity contribution in [3.8, 4) is 5.88 Å². The van der Waals surface area contributed by atoms with Gasteiger partial charge in [-0.2, -0.15) is 0 Å². The summed E-state index contributed by atoms with van der Waals surface area (Å²) in [6.45, 7) is 4.33. The van der Waals surface area contributed by atoms with Gasteiger partial charge in [0.25, 0.3) is 0 Å². The molecule has 1 rings (SSSR count). The van der Waals surface area contributed by atoms with Crippen LogP contribution in [0.4, 0.5) is 0 Å². The molecule has 1 aromatic heterocycles. The van der Waals surface area contributed by atoms with Crippen molar-refractivity contribution in [2.45, 2.75) is 19.9 Å². The van der Waals surface area contributed by atoms with Gasteiger partial charge in [-0.25, -0.2) is 9.98 Å². The van der Waals surface area contributed by atoms with Crippen molar-refractivity contribution in [2.75, 3.05) is 26.9 Å². The highest BCUT2D eigenvalue weighted by Crippen LogP contribution is 2.15. The molecule has 0 aliphatic rings. The number of guanidine groups is 1. The lowest BCUT2D eigenvalue weighted by Crippen LogP contribution is -2.32. The van der Waals surface area contributed by atoms with Crippen LogP contribution in [0.15, 0.2) is 23.3 Å². The second-order valence-corrected chi connectivity index (χ2v) is 3.94. The molecule has 0 unspecified atom stereocenters. The molecule has 6 nitrogen and oxygen atoms in total. The average Bonchev–Trinajstić information content (AvgIpc) is 2.44. The molecule has 0 aromatic carbocycles. The highest BCUT2D eigenvalue weighted by atomic mass is 127. The molecule has 0 saturated carbocycles. The van der Waals surface area contributed by atoms with Gasteiger partial charge < -0.3 is 20.5 Å². The second-order valence-electron chi connectivity index (χ2n) is 3.94. The Bertz CT molecular complexity index is 402. The van der Waals surface area contributed by atoms with Gasteiger partial charge in [-0.15, -0.1) is 24.0 Å². The van der Waals surface area contributed by atoms with Crippen LogP contribution in [-0.4, -0.2) is 37.8 Å². The Labute approximate surface area is 137 Å². The molecular formula is C13H23IN4O2. The van der Waals surface area contributed by atoms with Gasteiger partial charge in [-0.05, 0) is 12.5 Å². The maximum atomic E-state index is 5.74. The second kappa shape index (κ2) is 11.7. The molecule has 0 atom stereocenters. The van der Waals surface area contributed by atoms with Crippen molar-refractivity contribution < 1.29 is 9.47 Å². The highest BCUT2D eigenvalue weighted by Gasteiger charge is 2.04. The molecule has 1 aromatic rings. The number of pyridine rings is 1. The molecule has 7 heteroatoms. The predicted octanol–water partition coefficient (Wildman–Crippen LogP) is 1.54. The van der Waals surface area contributed by atoms with E-state index in [1.807, 2.05) is 12.1 Å². The first-order valence-electron chi connectivity index (χ1n) is 6.37. The summed E-state index contributed by atoms with van der Waals surface area (Å²) in [6, 6.07) is 3.77. The summed E-state index contributed by atoms with van der Waals surface area (Å²) in [7, 11) is 1.63. The quantitative estimate of drug-likeness (QED) is 0.303. The first-order valence-corrected chi connectivity index (χ1v) is 6.37. The Balaban J connectivity index is 0.00000361. The van der Waals surface area contributed by atoms with Crippen molar-refractivity contribution in [2.24, 2.45) is 10.7 Å². The lowest BCUT2D eigenvalue weighted by molar-refractivity contribution is 0.143. The van der Waals surface area contributed by atoms with E-state index in [0.717, 1.165) is 18.5 Å². The number of nitrogens with one attached hydrogen (secondary N) is 1. The fourth-order valence-electron chi connectivity index (χ4n) is 1.38. The summed E-state index contributed by atoms with van der Waals surface area (Å²) < 4.78 is 10.5. The van der Waals surface area contributed by atoms with Gasteiger partial charge in [-0.1, -0.05) is 13.0 Å². The smallest absolute Gasteiger partial charge is 0.218 e. The Kier molecular flexibility index (Phi) is 11.1. The zero-order chi connectivity index (χ0) is 13.9. The van der Waals surface area contributed by atoms with Crippen molar-refractivity contribution in [1.29, 1.82) is 0 Å². The van der Waals surface area contributed by atoms with Gasteiger partial charge >= 0.3 is 0 Å². The molecule has 0 radical (unpaired) electrons. The van der Waals surface area contributed by atoms with E-state index < -0.39 is 0 Å². The lowest BCUT2D eigenvalue weighted by Gasteiger charge is -2.09. The molecule has 0 spiro atoms. The van der Waals surface area contributed by atoms with Gasteiger partial charge in [0.2, 0.25) is 5.88 Å². The van der Waals surface area contributed by atoms with Crippen LogP contribution < -0.4 is 15.8 Å². The molecule has 0 amide bonds. The SMILES string of the molecule is CCCNC(N)=NCc1cccnc1OCCOC.I. The Morgan fingerprint density at radius 2 is 2.25 bits per heavy atom. The van der Waals surface area contributed by atoms with E-state index in [-0.39, 0.29) is 24.0 Å². The van der Waals surface area contributed by atoms with Crippen molar-refractivity contribution in [3.63, 3.8) is 0 Å². The number of aromatic nitrogens is 1. The van der Waals surface area contributed by atoms with Crippen LogP contribution in [-0.2, 0) is 11.3 Å². The van der Waals surface area contributed by atoms with Crippen molar-refractivity contribution in [1.82, 2.24) is 10.3 Å². The van der Waals surface area contributed by atoms with Crippen LogP contribution in [0, 0.1) is 0 Å². The fraction of sp³-hybridized carbons (Fsp3) is 0.538. The van der Waals surface area contributed by atoms with Crippen LogP contribution in [0.25, 0.3) is 0 Å². The van der Waals surface area contributed by atoms with Crippen LogP contribution in [0.1, 0.15) is 18.9 Å². The predicted molar refractivity (Wildman–Crippen MR) is 90.6 cm³/mol. The summed E-state index contributed by atoms with van der Waals surface area (Å²) in [5, 5.41) is 3.02. The maximum absolute atomic E-state index is 5.74. The minimum absolute atomic E-state index is 0. The van der Waals surface area contributed by atoms with Gasteiger partial charge in [0, 0.05) is 25.4 Å². The number of ether oxygens (including phenoxy) is 2. The van der Waals surface area contributed by atoms with Crippen LogP contribution in [0.5, 0.6) is 5.88 Å². The van der Waals surface area contributed by atoms with E-state index in [9.17, 15) is 0 Å².